The molecule has 0 fully saturated rings. The number of nitrogens with one attached hydrogen (secondary N) is 3. The van der Waals surface area contributed by atoms with E-state index in [0.29, 0.717) is 28.2 Å². The number of nitrogens with zero attached hydrogens (tertiary/aromatic N) is 4. The Morgan fingerprint density at radius 3 is 2.68 bits per heavy atom. The van der Waals surface area contributed by atoms with Crippen LogP contribution in [0.3, 0.4) is 0 Å². The standard InChI is InChI=1S/C23H26FN7O3/c1-13(21(32)26-4)30-17-8-18(19-6-5-15-7-14(9-25)10-29-31(15)19)27-11-16(17)22(33)28-12-20(24)23(2,3)34/h5-8,10-11,13,20,34H,12H2,1-4H3,(H,26,32)(H,27,30)(H,28,33). The molecule has 2 amide bonds. The molecule has 0 saturated heterocycles. The first-order valence-electron chi connectivity index (χ1n) is 10.6. The molecular formula is C23H26FN7O3. The van der Waals surface area contributed by atoms with E-state index in [4.69, 9.17) is 5.26 Å². The van der Waals surface area contributed by atoms with E-state index < -0.39 is 30.3 Å². The Hall–Kier alpha value is -4.04. The predicted octanol–water partition coefficient (Wildman–Crippen LogP) is 1.65. The third-order valence-corrected chi connectivity index (χ3v) is 5.26. The molecule has 0 aromatic carbocycles. The van der Waals surface area contributed by atoms with Crippen molar-refractivity contribution in [3.8, 4) is 17.5 Å². The lowest BCUT2D eigenvalue weighted by atomic mass is 10.0. The molecule has 0 aliphatic rings. The molecule has 3 heterocycles. The molecule has 0 saturated carbocycles. The first kappa shape index (κ1) is 24.6. The van der Waals surface area contributed by atoms with Crippen molar-refractivity contribution in [1.82, 2.24) is 25.2 Å². The largest absolute Gasteiger partial charge is 0.387 e. The van der Waals surface area contributed by atoms with Gasteiger partial charge in [0, 0.05) is 13.2 Å². The van der Waals surface area contributed by atoms with Crippen LogP contribution < -0.4 is 16.0 Å². The summed E-state index contributed by atoms with van der Waals surface area (Å²) in [7, 11) is 1.50. The lowest BCUT2D eigenvalue weighted by Crippen LogP contribution is -2.42. The molecule has 0 radical (unpaired) electrons. The molecule has 3 aromatic rings. The maximum Gasteiger partial charge on any atom is 0.255 e. The molecule has 178 valence electrons. The normalized spacial score (nSPS) is 13.1. The van der Waals surface area contributed by atoms with Gasteiger partial charge >= 0.3 is 0 Å². The van der Waals surface area contributed by atoms with Crippen LogP contribution in [-0.2, 0) is 4.79 Å². The average Bonchev–Trinajstić information content (AvgIpc) is 3.24. The van der Waals surface area contributed by atoms with Gasteiger partial charge in [-0.1, -0.05) is 0 Å². The number of hydrogen-bond donors (Lipinski definition) is 4. The molecule has 11 heteroatoms. The number of aliphatic hydroxyl groups is 1. The van der Waals surface area contributed by atoms with E-state index >= 15 is 0 Å². The Morgan fingerprint density at radius 1 is 1.29 bits per heavy atom. The number of alkyl halides is 1. The smallest absolute Gasteiger partial charge is 0.255 e. The molecule has 0 aliphatic heterocycles. The zero-order valence-corrected chi connectivity index (χ0v) is 19.3. The fourth-order valence-electron chi connectivity index (χ4n) is 3.19. The second-order valence-corrected chi connectivity index (χ2v) is 8.34. The number of halogens is 1. The maximum absolute atomic E-state index is 14.1. The van der Waals surface area contributed by atoms with Crippen LogP contribution in [0.2, 0.25) is 0 Å². The molecule has 0 aliphatic carbocycles. The van der Waals surface area contributed by atoms with Crippen molar-refractivity contribution >= 4 is 23.0 Å². The van der Waals surface area contributed by atoms with Crippen LogP contribution in [-0.4, -0.2) is 62.9 Å². The van der Waals surface area contributed by atoms with Crippen LogP contribution in [0.15, 0.2) is 36.7 Å². The molecule has 0 bridgehead atoms. The van der Waals surface area contributed by atoms with E-state index in [0.717, 1.165) is 0 Å². The number of nitriles is 1. The summed E-state index contributed by atoms with van der Waals surface area (Å²) in [6, 6.07) is 8.19. The van der Waals surface area contributed by atoms with Crippen molar-refractivity contribution < 1.29 is 19.1 Å². The molecular weight excluding hydrogens is 441 g/mol. The Balaban J connectivity index is 1.98. The van der Waals surface area contributed by atoms with Crippen molar-refractivity contribution in [2.24, 2.45) is 0 Å². The monoisotopic (exact) mass is 467 g/mol. The third kappa shape index (κ3) is 5.29. The van der Waals surface area contributed by atoms with E-state index in [1.54, 1.807) is 35.7 Å². The maximum atomic E-state index is 14.1. The highest BCUT2D eigenvalue weighted by Gasteiger charge is 2.27. The summed E-state index contributed by atoms with van der Waals surface area (Å²) in [4.78, 5) is 29.2. The minimum atomic E-state index is -1.68. The van der Waals surface area contributed by atoms with E-state index in [1.807, 2.05) is 6.07 Å². The van der Waals surface area contributed by atoms with Gasteiger partial charge in [0.05, 0.1) is 52.1 Å². The van der Waals surface area contributed by atoms with Gasteiger partial charge in [-0.2, -0.15) is 10.4 Å². The first-order valence-corrected chi connectivity index (χ1v) is 10.6. The number of likely N-dealkylation sites (N-methyl/N-ethyl adjacent to an activating group) is 1. The molecule has 2 unspecified atom stereocenters. The fraction of sp³-hybridized carbons (Fsp3) is 0.348. The second-order valence-electron chi connectivity index (χ2n) is 8.34. The zero-order valence-electron chi connectivity index (χ0n) is 19.3. The molecule has 0 spiro atoms. The van der Waals surface area contributed by atoms with E-state index in [9.17, 15) is 19.1 Å². The lowest BCUT2D eigenvalue weighted by molar-refractivity contribution is -0.121. The number of carbonyl (C=O) groups excluding carboxylic acids is 2. The van der Waals surface area contributed by atoms with Gasteiger partial charge in [0.1, 0.15) is 18.3 Å². The summed E-state index contributed by atoms with van der Waals surface area (Å²) >= 11 is 0. The third-order valence-electron chi connectivity index (χ3n) is 5.26. The fourth-order valence-corrected chi connectivity index (χ4v) is 3.19. The number of anilines is 1. The molecule has 10 nitrogen and oxygen atoms in total. The molecule has 3 rings (SSSR count). The van der Waals surface area contributed by atoms with Crippen LogP contribution in [0.4, 0.5) is 10.1 Å². The number of carbonyl (C=O) groups is 2. The number of amides is 2. The predicted molar refractivity (Wildman–Crippen MR) is 124 cm³/mol. The number of rotatable bonds is 8. The highest BCUT2D eigenvalue weighted by Crippen LogP contribution is 2.26. The Labute approximate surface area is 195 Å². The van der Waals surface area contributed by atoms with Gasteiger partial charge in [-0.25, -0.2) is 8.91 Å². The van der Waals surface area contributed by atoms with Gasteiger partial charge < -0.3 is 21.1 Å². The van der Waals surface area contributed by atoms with E-state index in [2.05, 4.69) is 26.0 Å². The molecule has 2 atom stereocenters. The average molecular weight is 468 g/mol. The van der Waals surface area contributed by atoms with Crippen LogP contribution >= 0.6 is 0 Å². The first-order chi connectivity index (χ1) is 16.0. The number of aromatic nitrogens is 3. The summed E-state index contributed by atoms with van der Waals surface area (Å²) in [5.41, 5.74) is 0.957. The van der Waals surface area contributed by atoms with E-state index in [1.165, 1.54) is 33.3 Å². The highest BCUT2D eigenvalue weighted by atomic mass is 19.1. The number of hydrogen-bond acceptors (Lipinski definition) is 7. The molecule has 34 heavy (non-hydrogen) atoms. The van der Waals surface area contributed by atoms with Crippen LogP contribution in [0, 0.1) is 11.3 Å². The van der Waals surface area contributed by atoms with Crippen LogP contribution in [0.5, 0.6) is 0 Å². The summed E-state index contributed by atoms with van der Waals surface area (Å²) in [6.45, 7) is 3.86. The number of pyridine rings is 1. The minimum absolute atomic E-state index is 0.100. The Bertz CT molecular complexity index is 1260. The van der Waals surface area contributed by atoms with Gasteiger partial charge in [-0.3, -0.25) is 14.6 Å². The van der Waals surface area contributed by atoms with Crippen LogP contribution in [0.25, 0.3) is 16.9 Å². The SMILES string of the molecule is CNC(=O)C(C)Nc1cc(-c2ccc3cc(C#N)cnn23)ncc1C(=O)NCC(F)C(C)(C)O. The Kier molecular flexibility index (Phi) is 7.12. The second kappa shape index (κ2) is 9.84. The molecule has 3 aromatic heterocycles. The Morgan fingerprint density at radius 2 is 2.03 bits per heavy atom. The lowest BCUT2D eigenvalue weighted by Gasteiger charge is -2.23. The van der Waals surface area contributed by atoms with Crippen molar-refractivity contribution in [3.63, 3.8) is 0 Å². The van der Waals surface area contributed by atoms with Crippen molar-refractivity contribution in [2.75, 3.05) is 18.9 Å². The summed E-state index contributed by atoms with van der Waals surface area (Å²) < 4.78 is 15.7. The topological polar surface area (TPSA) is 144 Å². The van der Waals surface area contributed by atoms with Gasteiger partial charge in [0.15, 0.2) is 0 Å². The van der Waals surface area contributed by atoms with Crippen LogP contribution in [0.1, 0.15) is 36.7 Å². The highest BCUT2D eigenvalue weighted by molar-refractivity contribution is 6.00. The molecule has 4 N–H and O–H groups in total. The summed E-state index contributed by atoms with van der Waals surface area (Å²) in [5, 5.41) is 31.1. The number of fused-ring (bicyclic) bond motifs is 1. The van der Waals surface area contributed by atoms with Crippen molar-refractivity contribution in [2.45, 2.75) is 38.6 Å². The van der Waals surface area contributed by atoms with Crippen molar-refractivity contribution in [1.29, 1.82) is 5.26 Å². The van der Waals surface area contributed by atoms with Crippen molar-refractivity contribution in [3.05, 3.63) is 47.8 Å². The van der Waals surface area contributed by atoms with Gasteiger partial charge in [-0.05, 0) is 45.0 Å². The zero-order chi connectivity index (χ0) is 25.0. The van der Waals surface area contributed by atoms with Gasteiger partial charge in [0.25, 0.3) is 5.91 Å². The summed E-state index contributed by atoms with van der Waals surface area (Å²) in [5.74, 6) is -0.913. The minimum Gasteiger partial charge on any atom is -0.387 e. The summed E-state index contributed by atoms with van der Waals surface area (Å²) in [6.07, 6.45) is 1.08. The quantitative estimate of drug-likeness (QED) is 0.394. The van der Waals surface area contributed by atoms with Gasteiger partial charge in [0.2, 0.25) is 5.91 Å². The van der Waals surface area contributed by atoms with E-state index in [-0.39, 0.29) is 11.5 Å². The van der Waals surface area contributed by atoms with Gasteiger partial charge in [-0.15, -0.1) is 0 Å².